The normalized spacial score (nSPS) is 10.2. The van der Waals surface area contributed by atoms with E-state index in [0.717, 1.165) is 22.3 Å². The van der Waals surface area contributed by atoms with E-state index in [0.29, 0.717) is 5.02 Å². The molecule has 0 saturated carbocycles. The average molecular weight is 290 g/mol. The SMILES string of the molecule is CC.Cc1cc2c(Cl)cccc2n1-c1cccc(F)c1. The zero-order valence-electron chi connectivity index (χ0n) is 11.8. The van der Waals surface area contributed by atoms with E-state index in [-0.39, 0.29) is 5.82 Å². The quantitative estimate of drug-likeness (QED) is 0.537. The summed E-state index contributed by atoms with van der Waals surface area (Å²) in [6.45, 7) is 5.99. The molecule has 20 heavy (non-hydrogen) atoms. The Bertz CT molecular complexity index is 731. The van der Waals surface area contributed by atoms with Crippen molar-refractivity contribution in [2.24, 2.45) is 0 Å². The molecule has 0 saturated heterocycles. The van der Waals surface area contributed by atoms with Gasteiger partial charge in [0.2, 0.25) is 0 Å². The van der Waals surface area contributed by atoms with Crippen LogP contribution in [0, 0.1) is 12.7 Å². The summed E-state index contributed by atoms with van der Waals surface area (Å²) >= 11 is 6.17. The maximum Gasteiger partial charge on any atom is 0.125 e. The highest BCUT2D eigenvalue weighted by Crippen LogP contribution is 2.29. The van der Waals surface area contributed by atoms with Gasteiger partial charge in [0.1, 0.15) is 5.82 Å². The van der Waals surface area contributed by atoms with Gasteiger partial charge in [0.05, 0.1) is 5.52 Å². The van der Waals surface area contributed by atoms with Gasteiger partial charge in [-0.05, 0) is 43.3 Å². The number of fused-ring (bicyclic) bond motifs is 1. The minimum absolute atomic E-state index is 0.240. The Morgan fingerprint density at radius 3 is 2.40 bits per heavy atom. The summed E-state index contributed by atoms with van der Waals surface area (Å²) in [7, 11) is 0. The number of nitrogens with zero attached hydrogens (tertiary/aromatic N) is 1. The highest BCUT2D eigenvalue weighted by atomic mass is 35.5. The average Bonchev–Trinajstić information content (AvgIpc) is 2.79. The number of aryl methyl sites for hydroxylation is 1. The maximum atomic E-state index is 13.3. The molecule has 0 bridgehead atoms. The van der Waals surface area contributed by atoms with Gasteiger partial charge in [0.25, 0.3) is 0 Å². The van der Waals surface area contributed by atoms with Crippen LogP contribution in [0.3, 0.4) is 0 Å². The van der Waals surface area contributed by atoms with Crippen LogP contribution in [0.4, 0.5) is 4.39 Å². The molecule has 0 spiro atoms. The predicted octanol–water partition coefficient (Wildman–Crippen LogP) is 5.76. The fourth-order valence-corrected chi connectivity index (χ4v) is 2.51. The number of hydrogen-bond donors (Lipinski definition) is 0. The molecule has 0 N–H and O–H groups in total. The van der Waals surface area contributed by atoms with Crippen LogP contribution >= 0.6 is 11.6 Å². The second kappa shape index (κ2) is 6.10. The van der Waals surface area contributed by atoms with Gasteiger partial charge in [-0.3, -0.25) is 0 Å². The molecule has 1 heterocycles. The van der Waals surface area contributed by atoms with E-state index in [1.54, 1.807) is 6.07 Å². The summed E-state index contributed by atoms with van der Waals surface area (Å²) in [6, 6.07) is 14.3. The second-order valence-electron chi connectivity index (χ2n) is 4.27. The van der Waals surface area contributed by atoms with Gasteiger partial charge < -0.3 is 4.57 Å². The smallest absolute Gasteiger partial charge is 0.125 e. The van der Waals surface area contributed by atoms with Crippen LogP contribution in [0.25, 0.3) is 16.6 Å². The molecule has 0 amide bonds. The van der Waals surface area contributed by atoms with Crippen molar-refractivity contribution in [2.45, 2.75) is 20.8 Å². The molecular formula is C17H17ClFN. The molecule has 1 aromatic heterocycles. The minimum Gasteiger partial charge on any atom is -0.314 e. The Balaban J connectivity index is 0.000000704. The van der Waals surface area contributed by atoms with Crippen LogP contribution in [0.1, 0.15) is 19.5 Å². The summed E-state index contributed by atoms with van der Waals surface area (Å²) in [6.07, 6.45) is 0. The first kappa shape index (κ1) is 14.6. The molecule has 0 aliphatic carbocycles. The first-order chi connectivity index (χ1) is 9.66. The highest BCUT2D eigenvalue weighted by Gasteiger charge is 2.09. The van der Waals surface area contributed by atoms with Crippen LogP contribution in [0.15, 0.2) is 48.5 Å². The van der Waals surface area contributed by atoms with Crippen molar-refractivity contribution in [1.29, 1.82) is 0 Å². The lowest BCUT2D eigenvalue weighted by Crippen LogP contribution is -1.96. The van der Waals surface area contributed by atoms with E-state index in [1.807, 2.05) is 55.7 Å². The first-order valence-electron chi connectivity index (χ1n) is 6.69. The van der Waals surface area contributed by atoms with E-state index in [4.69, 9.17) is 11.6 Å². The highest BCUT2D eigenvalue weighted by molar-refractivity contribution is 6.35. The number of rotatable bonds is 1. The molecule has 0 aliphatic rings. The van der Waals surface area contributed by atoms with E-state index in [1.165, 1.54) is 12.1 Å². The van der Waals surface area contributed by atoms with E-state index in [2.05, 4.69) is 0 Å². The summed E-state index contributed by atoms with van der Waals surface area (Å²) in [5, 5.41) is 1.70. The summed E-state index contributed by atoms with van der Waals surface area (Å²) in [5.74, 6) is -0.240. The lowest BCUT2D eigenvalue weighted by molar-refractivity contribution is 0.626. The third kappa shape index (κ3) is 2.56. The monoisotopic (exact) mass is 289 g/mol. The van der Waals surface area contributed by atoms with Crippen LogP contribution in [-0.2, 0) is 0 Å². The van der Waals surface area contributed by atoms with Crippen molar-refractivity contribution in [3.05, 3.63) is 65.1 Å². The van der Waals surface area contributed by atoms with Crippen molar-refractivity contribution in [2.75, 3.05) is 0 Å². The number of benzene rings is 2. The number of hydrogen-bond acceptors (Lipinski definition) is 0. The van der Waals surface area contributed by atoms with E-state index >= 15 is 0 Å². The molecule has 3 rings (SSSR count). The maximum absolute atomic E-state index is 13.3. The van der Waals surface area contributed by atoms with Crippen LogP contribution in [0.5, 0.6) is 0 Å². The molecule has 3 aromatic rings. The molecule has 0 radical (unpaired) electrons. The molecule has 0 atom stereocenters. The Morgan fingerprint density at radius 1 is 1.00 bits per heavy atom. The first-order valence-corrected chi connectivity index (χ1v) is 7.07. The molecule has 0 aliphatic heterocycles. The summed E-state index contributed by atoms with van der Waals surface area (Å²) in [4.78, 5) is 0. The third-order valence-electron chi connectivity index (χ3n) is 3.04. The van der Waals surface area contributed by atoms with E-state index < -0.39 is 0 Å². The topological polar surface area (TPSA) is 4.93 Å². The van der Waals surface area contributed by atoms with Crippen molar-refractivity contribution < 1.29 is 4.39 Å². The lowest BCUT2D eigenvalue weighted by Gasteiger charge is -2.08. The standard InChI is InChI=1S/C15H11ClFN.C2H6/c1-10-8-13-14(16)6-3-7-15(13)18(10)12-5-2-4-11(17)9-12;1-2/h2-9H,1H3;1-2H3. The van der Waals surface area contributed by atoms with Gasteiger partial charge in [-0.2, -0.15) is 0 Å². The van der Waals surface area contributed by atoms with E-state index in [9.17, 15) is 4.39 Å². The zero-order valence-corrected chi connectivity index (χ0v) is 12.6. The summed E-state index contributed by atoms with van der Waals surface area (Å²) < 4.78 is 15.3. The molecule has 3 heteroatoms. The van der Waals surface area contributed by atoms with Gasteiger partial charge in [0.15, 0.2) is 0 Å². The van der Waals surface area contributed by atoms with Crippen molar-refractivity contribution in [1.82, 2.24) is 4.57 Å². The van der Waals surface area contributed by atoms with Gasteiger partial charge in [-0.25, -0.2) is 4.39 Å². The van der Waals surface area contributed by atoms with Gasteiger partial charge >= 0.3 is 0 Å². The van der Waals surface area contributed by atoms with Crippen molar-refractivity contribution in [3.8, 4) is 5.69 Å². The number of aromatic nitrogens is 1. The van der Waals surface area contributed by atoms with Gasteiger partial charge in [-0.1, -0.05) is 37.6 Å². The Morgan fingerprint density at radius 2 is 1.70 bits per heavy atom. The summed E-state index contributed by atoms with van der Waals surface area (Å²) in [5.41, 5.74) is 2.83. The molecule has 104 valence electrons. The lowest BCUT2D eigenvalue weighted by atomic mass is 10.2. The third-order valence-corrected chi connectivity index (χ3v) is 3.37. The largest absolute Gasteiger partial charge is 0.314 e. The molecule has 0 unspecified atom stereocenters. The Labute approximate surface area is 123 Å². The second-order valence-corrected chi connectivity index (χ2v) is 4.68. The molecular weight excluding hydrogens is 273 g/mol. The Kier molecular flexibility index (Phi) is 4.46. The molecule has 0 fully saturated rings. The van der Waals surface area contributed by atoms with Crippen LogP contribution in [-0.4, -0.2) is 4.57 Å². The molecule has 1 nitrogen and oxygen atoms in total. The Hall–Kier alpha value is -1.80. The van der Waals surface area contributed by atoms with Crippen LogP contribution in [0.2, 0.25) is 5.02 Å². The number of halogens is 2. The zero-order chi connectivity index (χ0) is 14.7. The van der Waals surface area contributed by atoms with Crippen molar-refractivity contribution in [3.63, 3.8) is 0 Å². The minimum atomic E-state index is -0.240. The van der Waals surface area contributed by atoms with Crippen molar-refractivity contribution >= 4 is 22.5 Å². The van der Waals surface area contributed by atoms with Crippen LogP contribution < -0.4 is 0 Å². The van der Waals surface area contributed by atoms with Gasteiger partial charge in [0, 0.05) is 21.8 Å². The fraction of sp³-hybridized carbons (Fsp3) is 0.176. The fourth-order valence-electron chi connectivity index (χ4n) is 2.28. The predicted molar refractivity (Wildman–Crippen MR) is 84.3 cm³/mol. The van der Waals surface area contributed by atoms with Gasteiger partial charge in [-0.15, -0.1) is 0 Å². The molecule has 2 aromatic carbocycles.